The molecule has 4 atom stereocenters. The highest BCUT2D eigenvalue weighted by atomic mass is 35.5. The number of fused-ring (bicyclic) bond motifs is 2. The predicted molar refractivity (Wildman–Crippen MR) is 80.2 cm³/mol. The van der Waals surface area contributed by atoms with Crippen LogP contribution in [0.1, 0.15) is 37.2 Å². The Balaban J connectivity index is 1.96. The second-order valence-electron chi connectivity index (χ2n) is 6.00. The fourth-order valence-corrected chi connectivity index (χ4v) is 4.37. The number of hydrogen-bond acceptors (Lipinski definition) is 2. The molecule has 0 amide bonds. The van der Waals surface area contributed by atoms with Gasteiger partial charge in [-0.3, -0.25) is 4.79 Å². The molecule has 0 spiro atoms. The summed E-state index contributed by atoms with van der Waals surface area (Å²) in [4.78, 5) is 12.2. The highest BCUT2D eigenvalue weighted by molar-refractivity contribution is 6.42. The van der Waals surface area contributed by atoms with Gasteiger partial charge in [-0.1, -0.05) is 35.7 Å². The molecular weight excluding hydrogens is 295 g/mol. The summed E-state index contributed by atoms with van der Waals surface area (Å²) in [6.07, 6.45) is 4.59. The van der Waals surface area contributed by atoms with Crippen LogP contribution in [0.5, 0.6) is 0 Å². The number of esters is 1. The summed E-state index contributed by atoms with van der Waals surface area (Å²) >= 11 is 12.1. The van der Waals surface area contributed by atoms with Crippen LogP contribution >= 0.6 is 23.2 Å². The lowest BCUT2D eigenvalue weighted by Crippen LogP contribution is -2.33. The van der Waals surface area contributed by atoms with Crippen molar-refractivity contribution in [3.8, 4) is 0 Å². The number of halogens is 2. The van der Waals surface area contributed by atoms with Crippen molar-refractivity contribution in [1.82, 2.24) is 0 Å². The van der Waals surface area contributed by atoms with Crippen LogP contribution < -0.4 is 0 Å². The second-order valence-corrected chi connectivity index (χ2v) is 6.82. The Kier molecular flexibility index (Phi) is 3.96. The van der Waals surface area contributed by atoms with Gasteiger partial charge < -0.3 is 4.74 Å². The Morgan fingerprint density at radius 3 is 2.70 bits per heavy atom. The van der Waals surface area contributed by atoms with Crippen molar-refractivity contribution in [2.75, 3.05) is 7.11 Å². The van der Waals surface area contributed by atoms with Gasteiger partial charge in [-0.2, -0.15) is 0 Å². The van der Waals surface area contributed by atoms with Crippen molar-refractivity contribution < 1.29 is 9.53 Å². The van der Waals surface area contributed by atoms with Crippen molar-refractivity contribution in [3.63, 3.8) is 0 Å². The molecule has 0 saturated heterocycles. The van der Waals surface area contributed by atoms with Gasteiger partial charge in [-0.15, -0.1) is 0 Å². The van der Waals surface area contributed by atoms with Crippen LogP contribution in [0.15, 0.2) is 18.2 Å². The monoisotopic (exact) mass is 312 g/mol. The highest BCUT2D eigenvalue weighted by Gasteiger charge is 2.46. The molecule has 1 aromatic rings. The van der Waals surface area contributed by atoms with Crippen molar-refractivity contribution in [1.29, 1.82) is 0 Å². The van der Waals surface area contributed by atoms with Gasteiger partial charge >= 0.3 is 5.97 Å². The molecule has 0 heterocycles. The van der Waals surface area contributed by atoms with Gasteiger partial charge in [0.05, 0.1) is 23.1 Å². The van der Waals surface area contributed by atoms with Crippen LogP contribution in [0, 0.1) is 17.8 Å². The molecule has 0 aliphatic heterocycles. The number of ether oxygens (including phenoxy) is 1. The van der Waals surface area contributed by atoms with E-state index >= 15 is 0 Å². The Hall–Kier alpha value is -0.730. The molecular formula is C16H18Cl2O2. The fourth-order valence-electron chi connectivity index (χ4n) is 4.07. The standard InChI is InChI=1S/C16H18Cl2O2/c1-20-16(19)15-11-3-2-9(6-11)7-12(15)10-4-5-13(17)14(18)8-10/h4-5,8-9,11-12,15H,2-3,6-7H2,1H3/t9-,11+,12-,15+/m1/s1. The summed E-state index contributed by atoms with van der Waals surface area (Å²) < 4.78 is 5.05. The van der Waals surface area contributed by atoms with E-state index in [1.807, 2.05) is 18.2 Å². The smallest absolute Gasteiger partial charge is 0.309 e. The maximum atomic E-state index is 12.2. The molecule has 2 saturated carbocycles. The van der Waals surface area contributed by atoms with E-state index < -0.39 is 0 Å². The lowest BCUT2D eigenvalue weighted by molar-refractivity contribution is -0.149. The SMILES string of the molecule is COC(=O)[C@H]1[C@H]2CC[C@H](C2)C[C@@H]1c1ccc(Cl)c(Cl)c1. The third kappa shape index (κ3) is 2.44. The van der Waals surface area contributed by atoms with E-state index in [0.717, 1.165) is 30.7 Å². The van der Waals surface area contributed by atoms with E-state index in [9.17, 15) is 4.79 Å². The number of hydrogen-bond donors (Lipinski definition) is 0. The Bertz CT molecular complexity index is 529. The fraction of sp³-hybridized carbons (Fsp3) is 0.562. The van der Waals surface area contributed by atoms with Gasteiger partial charge in [0.25, 0.3) is 0 Å². The molecule has 0 unspecified atom stereocenters. The molecule has 2 aliphatic carbocycles. The van der Waals surface area contributed by atoms with E-state index in [2.05, 4.69) is 0 Å². The third-order valence-electron chi connectivity index (χ3n) is 4.96. The topological polar surface area (TPSA) is 26.3 Å². The minimum atomic E-state index is -0.0774. The van der Waals surface area contributed by atoms with Gasteiger partial charge in [0.15, 0.2) is 0 Å². The van der Waals surface area contributed by atoms with Gasteiger partial charge in [0.2, 0.25) is 0 Å². The molecule has 20 heavy (non-hydrogen) atoms. The summed E-state index contributed by atoms with van der Waals surface area (Å²) in [6.45, 7) is 0. The molecule has 2 bridgehead atoms. The summed E-state index contributed by atoms with van der Waals surface area (Å²) in [6, 6.07) is 5.74. The van der Waals surface area contributed by atoms with Crippen LogP contribution in [0.25, 0.3) is 0 Å². The zero-order valence-electron chi connectivity index (χ0n) is 11.4. The molecule has 108 valence electrons. The van der Waals surface area contributed by atoms with Gasteiger partial charge in [0.1, 0.15) is 0 Å². The maximum Gasteiger partial charge on any atom is 0.309 e. The van der Waals surface area contributed by atoms with Gasteiger partial charge in [0, 0.05) is 0 Å². The van der Waals surface area contributed by atoms with E-state index in [4.69, 9.17) is 27.9 Å². The van der Waals surface area contributed by atoms with Crippen molar-refractivity contribution in [2.45, 2.75) is 31.6 Å². The van der Waals surface area contributed by atoms with Gasteiger partial charge in [-0.25, -0.2) is 0 Å². The maximum absolute atomic E-state index is 12.2. The van der Waals surface area contributed by atoms with E-state index in [1.165, 1.54) is 13.5 Å². The molecule has 4 heteroatoms. The van der Waals surface area contributed by atoms with Crippen molar-refractivity contribution >= 4 is 29.2 Å². The average Bonchev–Trinajstić information content (AvgIpc) is 2.82. The molecule has 0 aromatic heterocycles. The summed E-state index contributed by atoms with van der Waals surface area (Å²) in [5.41, 5.74) is 1.12. The van der Waals surface area contributed by atoms with Crippen LogP contribution in [-0.2, 0) is 9.53 Å². The Morgan fingerprint density at radius 2 is 2.00 bits per heavy atom. The lowest BCUT2D eigenvalue weighted by Gasteiger charge is -2.35. The number of methoxy groups -OCH3 is 1. The quantitative estimate of drug-likeness (QED) is 0.741. The zero-order chi connectivity index (χ0) is 14.3. The van der Waals surface area contributed by atoms with Crippen LogP contribution in [-0.4, -0.2) is 13.1 Å². The predicted octanol–water partition coefficient (Wildman–Crippen LogP) is 4.69. The van der Waals surface area contributed by atoms with E-state index in [0.29, 0.717) is 16.0 Å². The number of benzene rings is 1. The van der Waals surface area contributed by atoms with Crippen LogP contribution in [0.3, 0.4) is 0 Å². The van der Waals surface area contributed by atoms with Crippen molar-refractivity contribution in [2.24, 2.45) is 17.8 Å². The first-order valence-corrected chi connectivity index (χ1v) is 7.88. The van der Waals surface area contributed by atoms with Crippen LogP contribution in [0.2, 0.25) is 10.0 Å². The van der Waals surface area contributed by atoms with E-state index in [1.54, 1.807) is 0 Å². The lowest BCUT2D eigenvalue weighted by atomic mass is 9.69. The first-order chi connectivity index (χ1) is 9.60. The van der Waals surface area contributed by atoms with Gasteiger partial charge in [-0.05, 0) is 54.7 Å². The second kappa shape index (κ2) is 5.57. The minimum absolute atomic E-state index is 0.0315. The number of rotatable bonds is 2. The number of carbonyl (C=O) groups excluding carboxylic acids is 1. The molecule has 2 nitrogen and oxygen atoms in total. The van der Waals surface area contributed by atoms with Crippen molar-refractivity contribution in [3.05, 3.63) is 33.8 Å². The first kappa shape index (κ1) is 14.2. The molecule has 2 aliphatic rings. The molecule has 0 N–H and O–H groups in total. The average molecular weight is 313 g/mol. The number of carbonyl (C=O) groups is 1. The summed E-state index contributed by atoms with van der Waals surface area (Å²) in [5, 5.41) is 1.12. The molecule has 2 fully saturated rings. The Morgan fingerprint density at radius 1 is 1.20 bits per heavy atom. The third-order valence-corrected chi connectivity index (χ3v) is 5.69. The summed E-state index contributed by atoms with van der Waals surface area (Å²) in [5.74, 6) is 1.30. The largest absolute Gasteiger partial charge is 0.469 e. The normalized spacial score (nSPS) is 32.1. The molecule has 1 aromatic carbocycles. The Labute approximate surface area is 129 Å². The van der Waals surface area contributed by atoms with E-state index in [-0.39, 0.29) is 17.8 Å². The minimum Gasteiger partial charge on any atom is -0.469 e. The zero-order valence-corrected chi connectivity index (χ0v) is 13.0. The molecule has 3 rings (SSSR count). The summed E-state index contributed by atoms with van der Waals surface area (Å²) in [7, 11) is 1.48. The van der Waals surface area contributed by atoms with Crippen LogP contribution in [0.4, 0.5) is 0 Å². The molecule has 0 radical (unpaired) electrons. The highest BCUT2D eigenvalue weighted by Crippen LogP contribution is 2.52. The first-order valence-electron chi connectivity index (χ1n) is 7.13.